The van der Waals surface area contributed by atoms with Gasteiger partial charge in [-0.25, -0.2) is 9.97 Å². The number of hydrogen-bond acceptors (Lipinski definition) is 3. The Hall–Kier alpha value is -4.25. The molecule has 0 saturated carbocycles. The van der Waals surface area contributed by atoms with Crippen molar-refractivity contribution in [3.8, 4) is 11.3 Å². The Balaban J connectivity index is 1.69. The SMILES string of the molecule is Cc1cccnc1-c1cc2cc3ccc(cc4nc(cc5nc(cc1[nH]2)C=C5)C=C4)[nH]3. The van der Waals surface area contributed by atoms with Crippen LogP contribution in [0, 0.1) is 6.92 Å². The molecule has 0 aliphatic carbocycles. The fourth-order valence-electron chi connectivity index (χ4n) is 3.98. The van der Waals surface area contributed by atoms with Crippen LogP contribution in [-0.4, -0.2) is 24.9 Å². The first-order valence-electron chi connectivity index (χ1n) is 10.2. The molecule has 2 N–H and O–H groups in total. The summed E-state index contributed by atoms with van der Waals surface area (Å²) in [5.41, 5.74) is 10.8. The van der Waals surface area contributed by atoms with Crippen molar-refractivity contribution < 1.29 is 0 Å². The molecule has 6 rings (SSSR count). The lowest BCUT2D eigenvalue weighted by atomic mass is 10.1. The maximum Gasteiger partial charge on any atom is 0.0752 e. The van der Waals surface area contributed by atoms with Gasteiger partial charge < -0.3 is 9.97 Å². The van der Waals surface area contributed by atoms with Crippen LogP contribution in [0.4, 0.5) is 0 Å². The monoisotopic (exact) mass is 401 g/mol. The van der Waals surface area contributed by atoms with Gasteiger partial charge in [-0.15, -0.1) is 0 Å². The number of rotatable bonds is 1. The molecule has 0 aromatic carbocycles. The topological polar surface area (TPSA) is 70.2 Å². The van der Waals surface area contributed by atoms with Crippen molar-refractivity contribution in [1.29, 1.82) is 0 Å². The van der Waals surface area contributed by atoms with E-state index in [1.165, 1.54) is 0 Å². The fourth-order valence-corrected chi connectivity index (χ4v) is 3.98. The van der Waals surface area contributed by atoms with E-state index in [2.05, 4.69) is 63.3 Å². The number of aromatic amines is 2. The van der Waals surface area contributed by atoms with Crippen LogP contribution in [0.15, 0.2) is 60.8 Å². The summed E-state index contributed by atoms with van der Waals surface area (Å²) in [6.07, 6.45) is 9.90. The Kier molecular flexibility index (Phi) is 3.93. The van der Waals surface area contributed by atoms with E-state index in [0.717, 1.165) is 61.7 Å². The van der Waals surface area contributed by atoms with E-state index in [9.17, 15) is 0 Å². The predicted octanol–water partition coefficient (Wildman–Crippen LogP) is 6.03. The van der Waals surface area contributed by atoms with Crippen LogP contribution in [0.2, 0.25) is 0 Å². The highest BCUT2D eigenvalue weighted by Crippen LogP contribution is 2.28. The maximum atomic E-state index is 4.76. The summed E-state index contributed by atoms with van der Waals surface area (Å²) < 4.78 is 0. The molecule has 31 heavy (non-hydrogen) atoms. The molecular formula is C26H19N5. The summed E-state index contributed by atoms with van der Waals surface area (Å²) in [6, 6.07) is 18.5. The normalized spacial score (nSPS) is 12.4. The first-order valence-corrected chi connectivity index (χ1v) is 10.2. The van der Waals surface area contributed by atoms with Gasteiger partial charge in [-0.1, -0.05) is 6.07 Å². The quantitative estimate of drug-likeness (QED) is 0.354. The number of pyridine rings is 1. The van der Waals surface area contributed by atoms with Crippen LogP contribution < -0.4 is 0 Å². The second kappa shape index (κ2) is 6.92. The first kappa shape index (κ1) is 17.6. The minimum absolute atomic E-state index is 0.888. The van der Waals surface area contributed by atoms with Crippen molar-refractivity contribution in [3.05, 3.63) is 89.1 Å². The van der Waals surface area contributed by atoms with E-state index in [0.29, 0.717) is 0 Å². The van der Waals surface area contributed by atoms with Crippen LogP contribution in [0.25, 0.3) is 57.6 Å². The van der Waals surface area contributed by atoms with Crippen LogP contribution >= 0.6 is 0 Å². The maximum absolute atomic E-state index is 4.76. The molecule has 5 heteroatoms. The molecule has 5 nitrogen and oxygen atoms in total. The molecule has 6 heterocycles. The minimum atomic E-state index is 0.888. The Morgan fingerprint density at radius 1 is 0.645 bits per heavy atom. The molecular weight excluding hydrogens is 382 g/mol. The highest BCUT2D eigenvalue weighted by Gasteiger charge is 2.09. The number of hydrogen-bond donors (Lipinski definition) is 2. The largest absolute Gasteiger partial charge is 0.355 e. The van der Waals surface area contributed by atoms with Gasteiger partial charge in [0.25, 0.3) is 0 Å². The van der Waals surface area contributed by atoms with Gasteiger partial charge in [-0.05, 0) is 85.3 Å². The zero-order valence-corrected chi connectivity index (χ0v) is 16.9. The molecule has 0 unspecified atom stereocenters. The zero-order valence-electron chi connectivity index (χ0n) is 16.9. The van der Waals surface area contributed by atoms with Gasteiger partial charge in [0.2, 0.25) is 0 Å². The summed E-state index contributed by atoms with van der Waals surface area (Å²) >= 11 is 0. The lowest BCUT2D eigenvalue weighted by Crippen LogP contribution is -1.86. The first-order chi connectivity index (χ1) is 15.2. The van der Waals surface area contributed by atoms with Crippen molar-refractivity contribution >= 4 is 46.4 Å². The lowest BCUT2D eigenvalue weighted by molar-refractivity contribution is 1.27. The summed E-state index contributed by atoms with van der Waals surface area (Å²) in [6.45, 7) is 2.08. The van der Waals surface area contributed by atoms with E-state index in [1.807, 2.05) is 48.7 Å². The lowest BCUT2D eigenvalue weighted by Gasteiger charge is -2.01. The van der Waals surface area contributed by atoms with Gasteiger partial charge in [0.1, 0.15) is 0 Å². The summed E-state index contributed by atoms with van der Waals surface area (Å²) in [7, 11) is 0. The fraction of sp³-hybridized carbons (Fsp3) is 0.0385. The van der Waals surface area contributed by atoms with Crippen LogP contribution in [-0.2, 0) is 0 Å². The molecule has 4 aromatic rings. The second-order valence-corrected chi connectivity index (χ2v) is 7.76. The third kappa shape index (κ3) is 3.36. The van der Waals surface area contributed by atoms with E-state index in [-0.39, 0.29) is 0 Å². The van der Waals surface area contributed by atoms with Crippen molar-refractivity contribution in [1.82, 2.24) is 24.9 Å². The van der Waals surface area contributed by atoms with Crippen molar-refractivity contribution in [3.63, 3.8) is 0 Å². The van der Waals surface area contributed by atoms with Gasteiger partial charge in [-0.3, -0.25) is 4.98 Å². The number of H-pyrrole nitrogens is 2. The highest BCUT2D eigenvalue weighted by atomic mass is 14.8. The van der Waals surface area contributed by atoms with Gasteiger partial charge in [-0.2, -0.15) is 0 Å². The third-order valence-electron chi connectivity index (χ3n) is 5.43. The third-order valence-corrected chi connectivity index (χ3v) is 5.43. The number of aryl methyl sites for hydroxylation is 1. The average Bonchev–Trinajstić information content (AvgIpc) is 3.53. The van der Waals surface area contributed by atoms with Crippen LogP contribution in [0.1, 0.15) is 28.3 Å². The van der Waals surface area contributed by atoms with Crippen molar-refractivity contribution in [2.45, 2.75) is 6.92 Å². The smallest absolute Gasteiger partial charge is 0.0752 e. The Bertz CT molecular complexity index is 1550. The number of aromatic nitrogens is 5. The van der Waals surface area contributed by atoms with Gasteiger partial charge in [0, 0.05) is 28.3 Å². The predicted molar refractivity (Wildman–Crippen MR) is 127 cm³/mol. The van der Waals surface area contributed by atoms with E-state index < -0.39 is 0 Å². The molecule has 2 aliphatic rings. The van der Waals surface area contributed by atoms with Gasteiger partial charge in [0.05, 0.1) is 34.0 Å². The Labute approximate surface area is 178 Å². The van der Waals surface area contributed by atoms with E-state index >= 15 is 0 Å². The van der Waals surface area contributed by atoms with Gasteiger partial charge >= 0.3 is 0 Å². The Morgan fingerprint density at radius 3 is 2.06 bits per heavy atom. The van der Waals surface area contributed by atoms with Crippen molar-refractivity contribution in [2.75, 3.05) is 0 Å². The summed E-state index contributed by atoms with van der Waals surface area (Å²) in [4.78, 5) is 21.1. The number of nitrogens with one attached hydrogen (secondary N) is 2. The molecule has 0 atom stereocenters. The van der Waals surface area contributed by atoms with E-state index in [1.54, 1.807) is 0 Å². The summed E-state index contributed by atoms with van der Waals surface area (Å²) in [5.74, 6) is 0. The van der Waals surface area contributed by atoms with Crippen LogP contribution in [0.3, 0.4) is 0 Å². The van der Waals surface area contributed by atoms with E-state index in [4.69, 9.17) is 4.98 Å². The molecule has 4 aromatic heterocycles. The second-order valence-electron chi connectivity index (χ2n) is 7.76. The molecule has 148 valence electrons. The summed E-state index contributed by atoms with van der Waals surface area (Å²) in [5, 5.41) is 0. The number of fused-ring (bicyclic) bond motifs is 8. The van der Waals surface area contributed by atoms with Crippen molar-refractivity contribution in [2.24, 2.45) is 0 Å². The molecule has 0 radical (unpaired) electrons. The van der Waals surface area contributed by atoms with Crippen LogP contribution in [0.5, 0.6) is 0 Å². The molecule has 2 aliphatic heterocycles. The average molecular weight is 401 g/mol. The number of nitrogens with zero attached hydrogens (tertiary/aromatic N) is 3. The standard InChI is InChI=1S/C26H19N5/c1-16-3-2-10-27-26(16)24-14-23-13-21-7-6-19(29-21)11-17-4-5-18(28-17)12-20-8-9-22(30-20)15-25(24)31-23/h2-15,29,31H,1H3. The minimum Gasteiger partial charge on any atom is -0.355 e. The molecule has 0 spiro atoms. The zero-order chi connectivity index (χ0) is 20.8. The Morgan fingerprint density at radius 2 is 1.32 bits per heavy atom. The van der Waals surface area contributed by atoms with Gasteiger partial charge in [0.15, 0.2) is 0 Å². The molecule has 0 saturated heterocycles. The molecule has 0 fully saturated rings. The molecule has 0 amide bonds. The highest BCUT2D eigenvalue weighted by molar-refractivity contribution is 5.87. The molecule has 8 bridgehead atoms.